The third-order valence-electron chi connectivity index (χ3n) is 2.02. The molecule has 0 aromatic heterocycles. The molecule has 0 aliphatic heterocycles. The normalized spacial score (nSPS) is 9.54. The van der Waals surface area contributed by atoms with Gasteiger partial charge in [0.2, 0.25) is 0 Å². The van der Waals surface area contributed by atoms with Crippen molar-refractivity contribution in [2.75, 3.05) is 0 Å². The van der Waals surface area contributed by atoms with Gasteiger partial charge in [0.25, 0.3) is 6.21 Å². The standard InChI is InChI=1S/C11H8N2/c12-13-8-10-7-6-9-4-2-1-3-5-11(9)10/h1-8H. The molecule has 2 nitrogen and oxygen atoms in total. The fourth-order valence-electron chi connectivity index (χ4n) is 1.41. The highest BCUT2D eigenvalue weighted by Gasteiger charge is 2.07. The van der Waals surface area contributed by atoms with Crippen LogP contribution in [0.1, 0.15) is 5.56 Å². The van der Waals surface area contributed by atoms with E-state index < -0.39 is 0 Å². The molecule has 0 unspecified atom stereocenters. The number of hydrogen-bond donors (Lipinski definition) is 0. The van der Waals surface area contributed by atoms with E-state index in [1.807, 2.05) is 42.5 Å². The summed E-state index contributed by atoms with van der Waals surface area (Å²) in [6.45, 7) is 0. The molecule has 0 N–H and O–H groups in total. The summed E-state index contributed by atoms with van der Waals surface area (Å²) < 4.78 is 0. The molecule has 0 fully saturated rings. The van der Waals surface area contributed by atoms with Crippen molar-refractivity contribution in [3.8, 4) is 11.1 Å². The van der Waals surface area contributed by atoms with Gasteiger partial charge in [0.05, 0.1) is 5.56 Å². The van der Waals surface area contributed by atoms with Crippen molar-refractivity contribution in [1.29, 1.82) is 0 Å². The molecule has 2 aliphatic carbocycles. The van der Waals surface area contributed by atoms with Crippen molar-refractivity contribution in [3.63, 3.8) is 0 Å². The van der Waals surface area contributed by atoms with Crippen molar-refractivity contribution in [2.45, 2.75) is 0 Å². The summed E-state index contributed by atoms with van der Waals surface area (Å²) in [5.74, 6) is 0. The second-order valence-electron chi connectivity index (χ2n) is 2.81. The molecule has 2 aliphatic rings. The zero-order valence-corrected chi connectivity index (χ0v) is 7.01. The quantitative estimate of drug-likeness (QED) is 0.356. The van der Waals surface area contributed by atoms with Crippen LogP contribution in [-0.2, 0) is 0 Å². The highest BCUT2D eigenvalue weighted by molar-refractivity contribution is 5.89. The first-order chi connectivity index (χ1) is 6.42. The Labute approximate surface area is 76.4 Å². The van der Waals surface area contributed by atoms with Crippen molar-refractivity contribution < 1.29 is 4.79 Å². The number of nitrogens with zero attached hydrogens (tertiary/aromatic N) is 2. The Morgan fingerprint density at radius 2 is 1.85 bits per heavy atom. The lowest BCUT2D eigenvalue weighted by atomic mass is 10.1. The Kier molecular flexibility index (Phi) is 1.91. The number of hydrogen-bond acceptors (Lipinski definition) is 0. The van der Waals surface area contributed by atoms with Crippen LogP contribution in [0.25, 0.3) is 16.7 Å². The molecule has 0 saturated carbocycles. The summed E-state index contributed by atoms with van der Waals surface area (Å²) >= 11 is 0. The molecule has 2 heteroatoms. The minimum Gasteiger partial charge on any atom is -0.361 e. The number of fused-ring (bicyclic) bond motifs is 1. The van der Waals surface area contributed by atoms with E-state index in [-0.39, 0.29) is 0 Å². The van der Waals surface area contributed by atoms with Gasteiger partial charge in [-0.25, -0.2) is 0 Å². The first-order valence-electron chi connectivity index (χ1n) is 4.07. The van der Waals surface area contributed by atoms with E-state index in [4.69, 9.17) is 5.53 Å². The summed E-state index contributed by atoms with van der Waals surface area (Å²) in [7, 11) is 0. The van der Waals surface area contributed by atoms with Crippen LogP contribution < -0.4 is 0 Å². The lowest BCUT2D eigenvalue weighted by Crippen LogP contribution is -1.78. The Hall–Kier alpha value is -1.92. The van der Waals surface area contributed by atoms with Crippen LogP contribution in [0.3, 0.4) is 0 Å². The first-order valence-corrected chi connectivity index (χ1v) is 4.07. The van der Waals surface area contributed by atoms with Gasteiger partial charge in [-0.05, 0) is 17.2 Å². The van der Waals surface area contributed by atoms with Gasteiger partial charge in [0.15, 0.2) is 0 Å². The fourth-order valence-corrected chi connectivity index (χ4v) is 1.41. The first kappa shape index (κ1) is 7.71. The maximum Gasteiger partial charge on any atom is 0.288 e. The van der Waals surface area contributed by atoms with Crippen LogP contribution in [-0.4, -0.2) is 11.0 Å². The van der Waals surface area contributed by atoms with Crippen LogP contribution in [0, 0.1) is 0 Å². The topological polar surface area (TPSA) is 36.4 Å². The van der Waals surface area contributed by atoms with Gasteiger partial charge in [-0.2, -0.15) is 4.79 Å². The largest absolute Gasteiger partial charge is 0.361 e. The summed E-state index contributed by atoms with van der Waals surface area (Å²) in [6.07, 6.45) is 1.45. The fraction of sp³-hybridized carbons (Fsp3) is 0. The molecule has 2 rings (SSSR count). The van der Waals surface area contributed by atoms with E-state index >= 15 is 0 Å². The third-order valence-corrected chi connectivity index (χ3v) is 2.02. The van der Waals surface area contributed by atoms with E-state index in [0.29, 0.717) is 0 Å². The predicted octanol–water partition coefficient (Wildman–Crippen LogP) is 2.44. The van der Waals surface area contributed by atoms with Gasteiger partial charge in [-0.3, -0.25) is 0 Å². The summed E-state index contributed by atoms with van der Waals surface area (Å²) in [6, 6.07) is 13.9. The molecule has 0 amide bonds. The summed E-state index contributed by atoms with van der Waals surface area (Å²) in [5, 5.41) is 0. The van der Waals surface area contributed by atoms with Crippen molar-refractivity contribution in [1.82, 2.24) is 0 Å². The van der Waals surface area contributed by atoms with Crippen molar-refractivity contribution in [2.24, 2.45) is 0 Å². The van der Waals surface area contributed by atoms with E-state index in [2.05, 4.69) is 4.79 Å². The van der Waals surface area contributed by atoms with E-state index in [1.165, 1.54) is 6.21 Å². The highest BCUT2D eigenvalue weighted by atomic mass is 14.8. The summed E-state index contributed by atoms with van der Waals surface area (Å²) in [5.41, 5.74) is 11.6. The molecule has 0 bridgehead atoms. The van der Waals surface area contributed by atoms with Gasteiger partial charge in [-0.1, -0.05) is 36.4 Å². The lowest BCUT2D eigenvalue weighted by molar-refractivity contribution is 0.00462. The maximum atomic E-state index is 8.43. The van der Waals surface area contributed by atoms with Crippen LogP contribution >= 0.6 is 0 Å². The van der Waals surface area contributed by atoms with Crippen molar-refractivity contribution in [3.05, 3.63) is 53.6 Å². The lowest BCUT2D eigenvalue weighted by Gasteiger charge is -1.89. The average molecular weight is 168 g/mol. The Morgan fingerprint density at radius 3 is 2.69 bits per heavy atom. The Balaban J connectivity index is 2.68. The highest BCUT2D eigenvalue weighted by Crippen LogP contribution is 2.24. The zero-order chi connectivity index (χ0) is 9.10. The van der Waals surface area contributed by atoms with Crippen LogP contribution in [0.15, 0.2) is 42.5 Å². The summed E-state index contributed by atoms with van der Waals surface area (Å²) in [4.78, 5) is 3.02. The SMILES string of the molecule is [N-]=[N+]=Cc1ccc2cccccc1-2. The van der Waals surface area contributed by atoms with Crippen LogP contribution in [0.2, 0.25) is 0 Å². The molecule has 0 heterocycles. The molecular weight excluding hydrogens is 160 g/mol. The van der Waals surface area contributed by atoms with E-state index in [0.717, 1.165) is 16.7 Å². The minimum atomic E-state index is 0.939. The molecule has 0 spiro atoms. The van der Waals surface area contributed by atoms with E-state index in [1.54, 1.807) is 0 Å². The molecular formula is C11H8N2. The van der Waals surface area contributed by atoms with Gasteiger partial charge in [-0.15, -0.1) is 0 Å². The molecule has 0 aromatic carbocycles. The molecule has 0 atom stereocenters. The zero-order valence-electron chi connectivity index (χ0n) is 7.01. The molecule has 62 valence electrons. The molecule has 13 heavy (non-hydrogen) atoms. The predicted molar refractivity (Wildman–Crippen MR) is 51.8 cm³/mol. The molecule has 0 aromatic rings. The Morgan fingerprint density at radius 1 is 1.00 bits per heavy atom. The maximum absolute atomic E-state index is 8.43. The second-order valence-corrected chi connectivity index (χ2v) is 2.81. The van der Waals surface area contributed by atoms with Gasteiger partial charge in [0.1, 0.15) is 0 Å². The smallest absolute Gasteiger partial charge is 0.288 e. The van der Waals surface area contributed by atoms with Gasteiger partial charge >= 0.3 is 0 Å². The monoisotopic (exact) mass is 168 g/mol. The molecule has 0 radical (unpaired) electrons. The van der Waals surface area contributed by atoms with Crippen molar-refractivity contribution >= 4 is 6.21 Å². The average Bonchev–Trinajstić information content (AvgIpc) is 2.38. The minimum absolute atomic E-state index is 0.939. The third kappa shape index (κ3) is 1.35. The van der Waals surface area contributed by atoms with Crippen LogP contribution in [0.4, 0.5) is 0 Å². The van der Waals surface area contributed by atoms with E-state index in [9.17, 15) is 0 Å². The van der Waals surface area contributed by atoms with Gasteiger partial charge < -0.3 is 5.53 Å². The van der Waals surface area contributed by atoms with Gasteiger partial charge in [0, 0.05) is 0 Å². The molecule has 0 saturated heterocycles. The van der Waals surface area contributed by atoms with Crippen LogP contribution in [0.5, 0.6) is 0 Å². The number of rotatable bonds is 1. The Bertz CT molecular complexity index is 442. The second kappa shape index (κ2) is 3.21.